The van der Waals surface area contributed by atoms with Gasteiger partial charge in [0.2, 0.25) is 0 Å². The van der Waals surface area contributed by atoms with Crippen LogP contribution in [0.4, 0.5) is 0 Å². The van der Waals surface area contributed by atoms with Crippen LogP contribution < -0.4 is 0 Å². The Balaban J connectivity index is 3.97. The Labute approximate surface area is 87.1 Å². The SMILES string of the molecule is CCC(CC(C)C)CC(C)(P)CC. The van der Waals surface area contributed by atoms with Crippen molar-refractivity contribution in [2.24, 2.45) is 11.8 Å². The van der Waals surface area contributed by atoms with Crippen LogP contribution in [0.1, 0.15) is 60.3 Å². The van der Waals surface area contributed by atoms with Crippen LogP contribution in [0, 0.1) is 11.8 Å². The Kier molecular flexibility index (Phi) is 6.21. The van der Waals surface area contributed by atoms with Gasteiger partial charge in [0.25, 0.3) is 0 Å². The third-order valence-corrected chi connectivity index (χ3v) is 3.59. The van der Waals surface area contributed by atoms with Gasteiger partial charge in [-0.3, -0.25) is 0 Å². The first kappa shape index (κ1) is 13.4. The summed E-state index contributed by atoms with van der Waals surface area (Å²) in [6.07, 6.45) is 5.36. The van der Waals surface area contributed by atoms with Gasteiger partial charge in [-0.2, -0.15) is 0 Å². The van der Waals surface area contributed by atoms with Crippen molar-refractivity contribution in [3.63, 3.8) is 0 Å². The van der Waals surface area contributed by atoms with E-state index in [4.69, 9.17) is 0 Å². The molecule has 0 spiro atoms. The molecule has 1 heteroatoms. The Hall–Kier alpha value is 0.430. The first-order valence-electron chi connectivity index (χ1n) is 5.70. The van der Waals surface area contributed by atoms with Gasteiger partial charge in [-0.15, -0.1) is 9.24 Å². The van der Waals surface area contributed by atoms with Crippen molar-refractivity contribution in [1.82, 2.24) is 0 Å². The van der Waals surface area contributed by atoms with E-state index in [9.17, 15) is 0 Å². The van der Waals surface area contributed by atoms with Crippen molar-refractivity contribution in [3.05, 3.63) is 0 Å². The lowest BCUT2D eigenvalue weighted by Gasteiger charge is -2.28. The topological polar surface area (TPSA) is 0 Å². The van der Waals surface area contributed by atoms with E-state index in [1.807, 2.05) is 0 Å². The summed E-state index contributed by atoms with van der Waals surface area (Å²) < 4.78 is 0. The smallest absolute Gasteiger partial charge is 0.0178 e. The molecule has 0 saturated carbocycles. The lowest BCUT2D eigenvalue weighted by atomic mass is 9.85. The summed E-state index contributed by atoms with van der Waals surface area (Å²) >= 11 is 0. The molecule has 0 fully saturated rings. The standard InChI is InChI=1S/C12H27P/c1-6-11(8-10(3)4)9-12(5,13)7-2/h10-11H,6-9,13H2,1-5H3. The highest BCUT2D eigenvalue weighted by Crippen LogP contribution is 2.33. The molecular formula is C12H27P. The molecule has 80 valence electrons. The van der Waals surface area contributed by atoms with Gasteiger partial charge in [0.15, 0.2) is 0 Å². The van der Waals surface area contributed by atoms with E-state index in [-0.39, 0.29) is 0 Å². The Bertz CT molecular complexity index is 127. The summed E-state index contributed by atoms with van der Waals surface area (Å²) in [5.74, 6) is 1.77. The molecule has 0 heterocycles. The van der Waals surface area contributed by atoms with E-state index in [1.54, 1.807) is 0 Å². The highest BCUT2D eigenvalue weighted by molar-refractivity contribution is 7.18. The molecule has 0 aromatic carbocycles. The molecule has 0 N–H and O–H groups in total. The van der Waals surface area contributed by atoms with Gasteiger partial charge in [0, 0.05) is 0 Å². The molecule has 3 unspecified atom stereocenters. The van der Waals surface area contributed by atoms with E-state index >= 15 is 0 Å². The van der Waals surface area contributed by atoms with Gasteiger partial charge in [-0.05, 0) is 36.3 Å². The van der Waals surface area contributed by atoms with Gasteiger partial charge < -0.3 is 0 Å². The summed E-state index contributed by atoms with van der Waals surface area (Å²) in [5.41, 5.74) is 0. The largest absolute Gasteiger partial charge is 0.131 e. The fourth-order valence-corrected chi connectivity index (χ4v) is 2.20. The Morgan fingerprint density at radius 2 is 1.77 bits per heavy atom. The van der Waals surface area contributed by atoms with Gasteiger partial charge in [-0.25, -0.2) is 0 Å². The van der Waals surface area contributed by atoms with Crippen LogP contribution >= 0.6 is 9.24 Å². The molecular weight excluding hydrogens is 175 g/mol. The van der Waals surface area contributed by atoms with E-state index in [1.165, 1.54) is 25.7 Å². The molecule has 0 radical (unpaired) electrons. The zero-order chi connectivity index (χ0) is 10.5. The van der Waals surface area contributed by atoms with Crippen LogP contribution in [0.15, 0.2) is 0 Å². The minimum atomic E-state index is 0.468. The minimum absolute atomic E-state index is 0.468. The van der Waals surface area contributed by atoms with Gasteiger partial charge >= 0.3 is 0 Å². The fraction of sp³-hybridized carbons (Fsp3) is 1.00. The highest BCUT2D eigenvalue weighted by atomic mass is 31.0. The van der Waals surface area contributed by atoms with E-state index in [0.717, 1.165) is 11.8 Å². The summed E-state index contributed by atoms with van der Waals surface area (Å²) in [6, 6.07) is 0. The highest BCUT2D eigenvalue weighted by Gasteiger charge is 2.21. The monoisotopic (exact) mass is 202 g/mol. The number of hydrogen-bond donors (Lipinski definition) is 0. The molecule has 0 rings (SSSR count). The second-order valence-electron chi connectivity index (χ2n) is 5.12. The molecule has 0 saturated heterocycles. The summed E-state index contributed by atoms with van der Waals surface area (Å²) in [5, 5.41) is 0.468. The van der Waals surface area contributed by atoms with Crippen molar-refractivity contribution >= 4 is 9.24 Å². The van der Waals surface area contributed by atoms with E-state index in [2.05, 4.69) is 43.9 Å². The summed E-state index contributed by atoms with van der Waals surface area (Å²) in [4.78, 5) is 0. The number of hydrogen-bond acceptors (Lipinski definition) is 0. The predicted molar refractivity (Wildman–Crippen MR) is 66.3 cm³/mol. The summed E-state index contributed by atoms with van der Waals surface area (Å²) in [6.45, 7) is 11.6. The van der Waals surface area contributed by atoms with E-state index < -0.39 is 0 Å². The zero-order valence-corrected chi connectivity index (χ0v) is 11.2. The molecule has 0 nitrogen and oxygen atoms in total. The van der Waals surface area contributed by atoms with Gasteiger partial charge in [0.1, 0.15) is 0 Å². The lowest BCUT2D eigenvalue weighted by molar-refractivity contribution is 0.337. The molecule has 0 aliphatic carbocycles. The van der Waals surface area contributed by atoms with Crippen LogP contribution in [0.3, 0.4) is 0 Å². The third kappa shape index (κ3) is 6.49. The van der Waals surface area contributed by atoms with Crippen molar-refractivity contribution in [1.29, 1.82) is 0 Å². The Morgan fingerprint density at radius 1 is 1.23 bits per heavy atom. The molecule has 0 aromatic rings. The first-order chi connectivity index (χ1) is 5.91. The van der Waals surface area contributed by atoms with Gasteiger partial charge in [-0.1, -0.05) is 41.0 Å². The van der Waals surface area contributed by atoms with Crippen molar-refractivity contribution in [2.45, 2.75) is 65.5 Å². The third-order valence-electron chi connectivity index (χ3n) is 2.94. The maximum absolute atomic E-state index is 3.03. The maximum atomic E-state index is 3.03. The molecule has 0 aliphatic heterocycles. The molecule has 0 amide bonds. The van der Waals surface area contributed by atoms with Crippen molar-refractivity contribution in [3.8, 4) is 0 Å². The first-order valence-corrected chi connectivity index (χ1v) is 6.28. The second-order valence-corrected chi connectivity index (χ2v) is 6.51. The zero-order valence-electron chi connectivity index (χ0n) is 10.1. The van der Waals surface area contributed by atoms with Crippen LogP contribution in [-0.2, 0) is 0 Å². The van der Waals surface area contributed by atoms with E-state index in [0.29, 0.717) is 5.16 Å². The van der Waals surface area contributed by atoms with Crippen LogP contribution in [0.25, 0.3) is 0 Å². The minimum Gasteiger partial charge on any atom is -0.131 e. The lowest BCUT2D eigenvalue weighted by Crippen LogP contribution is -2.20. The predicted octanol–water partition coefficient (Wildman–Crippen LogP) is 4.49. The molecule has 0 aliphatic rings. The maximum Gasteiger partial charge on any atom is -0.0178 e. The Morgan fingerprint density at radius 3 is 2.08 bits per heavy atom. The van der Waals surface area contributed by atoms with Gasteiger partial charge in [0.05, 0.1) is 0 Å². The van der Waals surface area contributed by atoms with Crippen LogP contribution in [0.5, 0.6) is 0 Å². The molecule has 13 heavy (non-hydrogen) atoms. The van der Waals surface area contributed by atoms with Crippen LogP contribution in [-0.4, -0.2) is 5.16 Å². The van der Waals surface area contributed by atoms with Crippen molar-refractivity contribution < 1.29 is 0 Å². The fourth-order valence-electron chi connectivity index (χ4n) is 1.86. The second kappa shape index (κ2) is 6.02. The molecule has 0 bridgehead atoms. The average molecular weight is 202 g/mol. The summed E-state index contributed by atoms with van der Waals surface area (Å²) in [7, 11) is 3.03. The molecule has 0 aromatic heterocycles. The normalized spacial score (nSPS) is 18.7. The van der Waals surface area contributed by atoms with Crippen LogP contribution in [0.2, 0.25) is 0 Å². The number of rotatable bonds is 6. The quantitative estimate of drug-likeness (QED) is 0.557. The average Bonchev–Trinajstić information content (AvgIpc) is 2.02. The molecule has 3 atom stereocenters. The van der Waals surface area contributed by atoms with Crippen molar-refractivity contribution in [2.75, 3.05) is 0 Å².